The third-order valence-electron chi connectivity index (χ3n) is 5.63. The predicted molar refractivity (Wildman–Crippen MR) is 69.8 cm³/mol. The van der Waals surface area contributed by atoms with Crippen LogP contribution in [0.4, 0.5) is 0 Å². The van der Waals surface area contributed by atoms with E-state index < -0.39 is 5.97 Å². The predicted octanol–water partition coefficient (Wildman–Crippen LogP) is 2.50. The van der Waals surface area contributed by atoms with Crippen molar-refractivity contribution in [3.8, 4) is 0 Å². The highest BCUT2D eigenvalue weighted by atomic mass is 16.4. The molecular formula is C15H20N2O2. The van der Waals surface area contributed by atoms with Crippen molar-refractivity contribution in [3.05, 3.63) is 17.5 Å². The average Bonchev–Trinajstić information content (AvgIpc) is 2.74. The monoisotopic (exact) mass is 260 g/mol. The molecule has 4 nitrogen and oxygen atoms in total. The molecule has 0 saturated heterocycles. The maximum Gasteiger partial charge on any atom is 0.307 e. The van der Waals surface area contributed by atoms with Gasteiger partial charge in [-0.3, -0.25) is 9.89 Å². The molecule has 102 valence electrons. The second-order valence-corrected chi connectivity index (χ2v) is 7.04. The largest absolute Gasteiger partial charge is 0.481 e. The number of hydrogen-bond acceptors (Lipinski definition) is 2. The Hall–Kier alpha value is -1.32. The van der Waals surface area contributed by atoms with E-state index in [9.17, 15) is 4.79 Å². The highest BCUT2D eigenvalue weighted by Gasteiger charge is 2.52. The van der Waals surface area contributed by atoms with Gasteiger partial charge in [0.05, 0.1) is 12.6 Å². The zero-order valence-corrected chi connectivity index (χ0v) is 11.1. The molecule has 5 rings (SSSR count). The third kappa shape index (κ3) is 1.72. The zero-order chi connectivity index (χ0) is 13.0. The molecule has 0 aromatic carbocycles. The first-order chi connectivity index (χ1) is 9.14. The molecule has 0 radical (unpaired) electrons. The fourth-order valence-electron chi connectivity index (χ4n) is 5.48. The Bertz CT molecular complexity index is 485. The number of rotatable bonds is 3. The van der Waals surface area contributed by atoms with E-state index in [-0.39, 0.29) is 11.8 Å². The van der Waals surface area contributed by atoms with Crippen molar-refractivity contribution in [2.75, 3.05) is 0 Å². The average molecular weight is 260 g/mol. The van der Waals surface area contributed by atoms with Crippen LogP contribution >= 0.6 is 0 Å². The summed E-state index contributed by atoms with van der Waals surface area (Å²) in [7, 11) is 0. The number of aliphatic carboxylic acids is 1. The molecule has 0 atom stereocenters. The number of nitrogens with zero attached hydrogens (tertiary/aromatic N) is 1. The van der Waals surface area contributed by atoms with Crippen molar-refractivity contribution >= 4 is 5.97 Å². The fraction of sp³-hybridized carbons (Fsp3) is 0.733. The van der Waals surface area contributed by atoms with E-state index in [1.807, 2.05) is 0 Å². The molecule has 0 unspecified atom stereocenters. The van der Waals surface area contributed by atoms with E-state index in [1.54, 1.807) is 6.20 Å². The Morgan fingerprint density at radius 3 is 2.37 bits per heavy atom. The van der Waals surface area contributed by atoms with Gasteiger partial charge in [0, 0.05) is 16.7 Å². The molecule has 4 heteroatoms. The SMILES string of the molecule is O=C(O)Cc1cn[nH]c1C12CC3CC(CC(C3)C1)C2. The van der Waals surface area contributed by atoms with Crippen molar-refractivity contribution in [1.29, 1.82) is 0 Å². The van der Waals surface area contributed by atoms with Crippen LogP contribution < -0.4 is 0 Å². The summed E-state index contributed by atoms with van der Waals surface area (Å²) < 4.78 is 0. The van der Waals surface area contributed by atoms with Gasteiger partial charge in [0.2, 0.25) is 0 Å². The van der Waals surface area contributed by atoms with Gasteiger partial charge in [0.1, 0.15) is 0 Å². The molecule has 4 bridgehead atoms. The van der Waals surface area contributed by atoms with Crippen LogP contribution in [0, 0.1) is 17.8 Å². The maximum absolute atomic E-state index is 11.0. The Morgan fingerprint density at radius 2 is 1.84 bits per heavy atom. The molecule has 4 aliphatic rings. The standard InChI is InChI=1S/C15H20N2O2/c18-13(19)4-12-8-16-17-14(12)15-5-9-1-10(6-15)3-11(2-9)7-15/h8-11H,1-7H2,(H,16,17)(H,18,19). The number of carboxylic acids is 1. The van der Waals surface area contributed by atoms with E-state index in [4.69, 9.17) is 5.11 Å². The summed E-state index contributed by atoms with van der Waals surface area (Å²) in [5.41, 5.74) is 2.28. The zero-order valence-electron chi connectivity index (χ0n) is 11.1. The Labute approximate surface area is 112 Å². The van der Waals surface area contributed by atoms with Gasteiger partial charge in [-0.1, -0.05) is 0 Å². The lowest BCUT2D eigenvalue weighted by Gasteiger charge is -2.56. The highest BCUT2D eigenvalue weighted by molar-refractivity contribution is 5.70. The lowest BCUT2D eigenvalue weighted by atomic mass is 9.48. The molecule has 4 aliphatic carbocycles. The van der Waals surface area contributed by atoms with Gasteiger partial charge >= 0.3 is 5.97 Å². The topological polar surface area (TPSA) is 66.0 Å². The van der Waals surface area contributed by atoms with Crippen LogP contribution in [0.3, 0.4) is 0 Å². The van der Waals surface area contributed by atoms with Gasteiger partial charge in [-0.15, -0.1) is 0 Å². The number of carbonyl (C=O) groups is 1. The molecule has 4 saturated carbocycles. The molecule has 1 heterocycles. The minimum Gasteiger partial charge on any atom is -0.481 e. The number of aromatic amines is 1. The van der Waals surface area contributed by atoms with Crippen molar-refractivity contribution in [2.24, 2.45) is 17.8 Å². The van der Waals surface area contributed by atoms with E-state index in [2.05, 4.69) is 10.2 Å². The summed E-state index contributed by atoms with van der Waals surface area (Å²) in [6.45, 7) is 0. The van der Waals surface area contributed by atoms with Gasteiger partial charge in [-0.25, -0.2) is 0 Å². The fourth-order valence-corrected chi connectivity index (χ4v) is 5.48. The van der Waals surface area contributed by atoms with Crippen LogP contribution in [0.5, 0.6) is 0 Å². The van der Waals surface area contributed by atoms with E-state index in [0.717, 1.165) is 29.0 Å². The smallest absolute Gasteiger partial charge is 0.307 e. The van der Waals surface area contributed by atoms with Gasteiger partial charge in [-0.05, 0) is 56.3 Å². The van der Waals surface area contributed by atoms with Crippen molar-refractivity contribution in [3.63, 3.8) is 0 Å². The molecule has 1 aromatic heterocycles. The van der Waals surface area contributed by atoms with Crippen LogP contribution in [-0.4, -0.2) is 21.3 Å². The molecule has 1 aromatic rings. The lowest BCUT2D eigenvalue weighted by molar-refractivity contribution is -0.136. The third-order valence-corrected chi connectivity index (χ3v) is 5.63. The first-order valence-electron chi connectivity index (χ1n) is 7.39. The number of hydrogen-bond donors (Lipinski definition) is 2. The van der Waals surface area contributed by atoms with Crippen LogP contribution in [0.1, 0.15) is 49.8 Å². The molecule has 0 spiro atoms. The molecule has 2 N–H and O–H groups in total. The first kappa shape index (κ1) is 11.5. The summed E-state index contributed by atoms with van der Waals surface area (Å²) in [6, 6.07) is 0. The maximum atomic E-state index is 11.0. The second-order valence-electron chi connectivity index (χ2n) is 7.04. The minimum atomic E-state index is -0.757. The Kier molecular flexibility index (Phi) is 2.32. The van der Waals surface area contributed by atoms with E-state index >= 15 is 0 Å². The summed E-state index contributed by atoms with van der Waals surface area (Å²) >= 11 is 0. The van der Waals surface area contributed by atoms with E-state index in [1.165, 1.54) is 38.5 Å². The molecular weight excluding hydrogens is 240 g/mol. The lowest BCUT2D eigenvalue weighted by Crippen LogP contribution is -2.49. The van der Waals surface area contributed by atoms with Crippen molar-refractivity contribution < 1.29 is 9.90 Å². The number of aromatic nitrogens is 2. The minimum absolute atomic E-state index is 0.105. The van der Waals surface area contributed by atoms with Gasteiger partial charge in [0.25, 0.3) is 0 Å². The van der Waals surface area contributed by atoms with E-state index in [0.29, 0.717) is 0 Å². The van der Waals surface area contributed by atoms with Gasteiger partial charge in [0.15, 0.2) is 0 Å². The first-order valence-corrected chi connectivity index (χ1v) is 7.39. The van der Waals surface area contributed by atoms with Crippen LogP contribution in [0.2, 0.25) is 0 Å². The van der Waals surface area contributed by atoms with Gasteiger partial charge in [-0.2, -0.15) is 5.10 Å². The summed E-state index contributed by atoms with van der Waals surface area (Å²) in [4.78, 5) is 11.0. The molecule has 0 aliphatic heterocycles. The van der Waals surface area contributed by atoms with Crippen LogP contribution in [0.25, 0.3) is 0 Å². The van der Waals surface area contributed by atoms with Crippen LogP contribution in [-0.2, 0) is 16.6 Å². The number of nitrogens with one attached hydrogen (secondary N) is 1. The molecule has 19 heavy (non-hydrogen) atoms. The molecule has 0 amide bonds. The Morgan fingerprint density at radius 1 is 1.26 bits per heavy atom. The van der Waals surface area contributed by atoms with Crippen LogP contribution in [0.15, 0.2) is 6.20 Å². The summed E-state index contributed by atoms with van der Waals surface area (Å²) in [5, 5.41) is 16.3. The highest BCUT2D eigenvalue weighted by Crippen LogP contribution is 2.60. The quantitative estimate of drug-likeness (QED) is 0.877. The number of carboxylic acid groups (broad SMARTS) is 1. The molecule has 4 fully saturated rings. The summed E-state index contributed by atoms with van der Waals surface area (Å²) in [6.07, 6.45) is 9.77. The van der Waals surface area contributed by atoms with Crippen molar-refractivity contribution in [2.45, 2.75) is 50.4 Å². The Balaban J connectivity index is 1.72. The second kappa shape index (κ2) is 3.84. The summed E-state index contributed by atoms with van der Waals surface area (Å²) in [5.74, 6) is 1.85. The normalized spacial score (nSPS) is 39.7. The number of H-pyrrole nitrogens is 1. The van der Waals surface area contributed by atoms with Crippen molar-refractivity contribution in [1.82, 2.24) is 10.2 Å². The van der Waals surface area contributed by atoms with Gasteiger partial charge < -0.3 is 5.11 Å².